The first kappa shape index (κ1) is 28.4. The number of hydrogen-bond donors (Lipinski definition) is 4. The Kier molecular flexibility index (Phi) is 11.3. The molecule has 0 fully saturated rings. The second-order valence-corrected chi connectivity index (χ2v) is 9.04. The van der Waals surface area contributed by atoms with Crippen LogP contribution in [0, 0.1) is 13.8 Å². The molecule has 1 rings (SSSR count). The molecule has 0 aliphatic carbocycles. The molecule has 0 saturated carbocycles. The number of nitrogens with zero attached hydrogens (tertiary/aromatic N) is 1. The van der Waals surface area contributed by atoms with Gasteiger partial charge in [-0.3, -0.25) is 9.59 Å². The lowest BCUT2D eigenvalue weighted by molar-refractivity contribution is -0.143. The highest BCUT2D eigenvalue weighted by atomic mass is 16.6. The van der Waals surface area contributed by atoms with E-state index in [0.717, 1.165) is 24.0 Å². The predicted molar refractivity (Wildman–Crippen MR) is 126 cm³/mol. The lowest BCUT2D eigenvalue weighted by Crippen LogP contribution is -2.55. The van der Waals surface area contributed by atoms with E-state index in [1.165, 1.54) is 4.90 Å². The highest BCUT2D eigenvalue weighted by molar-refractivity contribution is 5.92. The van der Waals surface area contributed by atoms with Crippen molar-refractivity contribution in [1.82, 2.24) is 15.5 Å². The summed E-state index contributed by atoms with van der Waals surface area (Å²) in [6, 6.07) is 3.14. The topological polar surface area (TPSA) is 128 Å². The second-order valence-electron chi connectivity index (χ2n) is 9.04. The number of ether oxygens (including phenoxy) is 1. The minimum atomic E-state index is -1.34. The molecule has 33 heavy (non-hydrogen) atoms. The van der Waals surface area contributed by atoms with Crippen LogP contribution in [0.25, 0.3) is 0 Å². The highest BCUT2D eigenvalue weighted by Gasteiger charge is 2.36. The number of rotatable bonds is 11. The van der Waals surface area contributed by atoms with Crippen LogP contribution in [0.2, 0.25) is 0 Å². The molecule has 0 spiro atoms. The van der Waals surface area contributed by atoms with Crippen molar-refractivity contribution in [2.45, 2.75) is 72.1 Å². The van der Waals surface area contributed by atoms with E-state index in [9.17, 15) is 24.6 Å². The first-order valence-corrected chi connectivity index (χ1v) is 11.3. The van der Waals surface area contributed by atoms with Crippen LogP contribution in [0.15, 0.2) is 18.2 Å². The zero-order valence-electron chi connectivity index (χ0n) is 20.6. The van der Waals surface area contributed by atoms with Crippen LogP contribution >= 0.6 is 0 Å². The quantitative estimate of drug-likeness (QED) is 0.370. The van der Waals surface area contributed by atoms with E-state index in [2.05, 4.69) is 10.6 Å². The molecular weight excluding hydrogens is 426 g/mol. The maximum Gasteiger partial charge on any atom is 0.408 e. The van der Waals surface area contributed by atoms with Gasteiger partial charge in [0.2, 0.25) is 11.8 Å². The maximum absolute atomic E-state index is 13.4. The number of carbonyl (C=O) groups excluding carboxylic acids is 3. The Labute approximate surface area is 196 Å². The van der Waals surface area contributed by atoms with Gasteiger partial charge in [-0.15, -0.1) is 0 Å². The van der Waals surface area contributed by atoms with Gasteiger partial charge in [-0.1, -0.05) is 37.1 Å². The molecule has 0 aliphatic rings. The number of hydrogen-bond acceptors (Lipinski definition) is 6. The molecule has 3 amide bonds. The second kappa shape index (κ2) is 13.2. The molecule has 2 atom stereocenters. The molecule has 186 valence electrons. The van der Waals surface area contributed by atoms with Crippen molar-refractivity contribution in [2.75, 3.05) is 26.3 Å². The zero-order chi connectivity index (χ0) is 25.2. The van der Waals surface area contributed by atoms with Crippen molar-refractivity contribution >= 4 is 17.9 Å². The van der Waals surface area contributed by atoms with Gasteiger partial charge in [0.15, 0.2) is 0 Å². The van der Waals surface area contributed by atoms with Crippen LogP contribution in [-0.2, 0) is 14.3 Å². The number of alkyl carbamates (subject to hydrolysis) is 1. The Bertz CT molecular complexity index is 806. The van der Waals surface area contributed by atoms with Gasteiger partial charge >= 0.3 is 6.09 Å². The molecule has 0 radical (unpaired) electrons. The van der Waals surface area contributed by atoms with Crippen LogP contribution < -0.4 is 10.6 Å². The summed E-state index contributed by atoms with van der Waals surface area (Å²) >= 11 is 0. The third-order valence-electron chi connectivity index (χ3n) is 4.91. The normalized spacial score (nSPS) is 13.1. The van der Waals surface area contributed by atoms with Crippen molar-refractivity contribution in [1.29, 1.82) is 0 Å². The van der Waals surface area contributed by atoms with E-state index in [1.54, 1.807) is 26.8 Å². The molecule has 2 unspecified atom stereocenters. The van der Waals surface area contributed by atoms with E-state index >= 15 is 0 Å². The summed E-state index contributed by atoms with van der Waals surface area (Å²) in [5.74, 6) is -1.10. The summed E-state index contributed by atoms with van der Waals surface area (Å²) in [4.78, 5) is 40.0. The molecule has 0 aliphatic heterocycles. The molecule has 1 aromatic rings. The van der Waals surface area contributed by atoms with Gasteiger partial charge in [0, 0.05) is 13.1 Å². The summed E-state index contributed by atoms with van der Waals surface area (Å²) < 4.78 is 5.19. The van der Waals surface area contributed by atoms with E-state index in [-0.39, 0.29) is 6.54 Å². The summed E-state index contributed by atoms with van der Waals surface area (Å²) in [7, 11) is 0. The smallest absolute Gasteiger partial charge is 0.408 e. The summed E-state index contributed by atoms with van der Waals surface area (Å²) in [5, 5.41) is 24.7. The molecular formula is C24H39N3O6. The zero-order valence-corrected chi connectivity index (χ0v) is 20.6. The monoisotopic (exact) mass is 465 g/mol. The third kappa shape index (κ3) is 9.01. The van der Waals surface area contributed by atoms with Crippen molar-refractivity contribution in [3.63, 3.8) is 0 Å². The van der Waals surface area contributed by atoms with Gasteiger partial charge in [0.1, 0.15) is 17.7 Å². The number of aliphatic hydroxyl groups excluding tert-OH is 2. The predicted octanol–water partition coefficient (Wildman–Crippen LogP) is 1.97. The number of carbonyl (C=O) groups is 3. The molecule has 9 nitrogen and oxygen atoms in total. The Balaban J connectivity index is 3.33. The molecule has 0 heterocycles. The number of benzene rings is 1. The van der Waals surface area contributed by atoms with Crippen molar-refractivity contribution in [3.8, 4) is 0 Å². The largest absolute Gasteiger partial charge is 0.444 e. The Morgan fingerprint density at radius 1 is 1.15 bits per heavy atom. The van der Waals surface area contributed by atoms with E-state index in [4.69, 9.17) is 4.74 Å². The average Bonchev–Trinajstić information content (AvgIpc) is 2.71. The van der Waals surface area contributed by atoms with Crippen molar-refractivity contribution in [2.24, 2.45) is 0 Å². The number of nitrogens with one attached hydrogen (secondary N) is 2. The van der Waals surface area contributed by atoms with Gasteiger partial charge in [-0.2, -0.15) is 0 Å². The Hall–Kier alpha value is -2.65. The minimum absolute atomic E-state index is 0.162. The summed E-state index contributed by atoms with van der Waals surface area (Å²) in [6.45, 7) is 9.99. The maximum atomic E-state index is 13.4. The fourth-order valence-electron chi connectivity index (χ4n) is 3.38. The van der Waals surface area contributed by atoms with Crippen LogP contribution in [-0.4, -0.2) is 71.0 Å². The minimum Gasteiger partial charge on any atom is -0.444 e. The molecule has 4 N–H and O–H groups in total. The van der Waals surface area contributed by atoms with Gasteiger partial charge in [-0.25, -0.2) is 4.79 Å². The third-order valence-corrected chi connectivity index (χ3v) is 4.91. The summed E-state index contributed by atoms with van der Waals surface area (Å²) in [5.41, 5.74) is 1.62. The van der Waals surface area contributed by atoms with E-state index in [0.29, 0.717) is 12.1 Å². The number of aryl methyl sites for hydroxylation is 2. The number of unbranched alkanes of at least 4 members (excludes halogenated alkanes) is 1. The molecule has 0 bridgehead atoms. The standard InChI is InChI=1S/C24H39N3O6/c1-7-8-11-25-21(30)20(18-10-9-16(2)14-17(18)3)27(12-13-28)22(31)19(15-29)26-23(32)33-24(4,5)6/h9-10,14,19-20,28-29H,7-8,11-13,15H2,1-6H3,(H,25,30)(H,26,32). The summed E-state index contributed by atoms with van der Waals surface area (Å²) in [6.07, 6.45) is 0.799. The highest BCUT2D eigenvalue weighted by Crippen LogP contribution is 2.26. The molecule has 0 saturated heterocycles. The van der Waals surface area contributed by atoms with Gasteiger partial charge < -0.3 is 30.5 Å². The molecule has 1 aromatic carbocycles. The molecule has 0 aromatic heterocycles. The van der Waals surface area contributed by atoms with Crippen LogP contribution in [0.4, 0.5) is 4.79 Å². The Morgan fingerprint density at radius 3 is 2.33 bits per heavy atom. The fraction of sp³-hybridized carbons (Fsp3) is 0.625. The van der Waals surface area contributed by atoms with E-state index in [1.807, 2.05) is 32.9 Å². The van der Waals surface area contributed by atoms with Gasteiger partial charge in [0.05, 0.1) is 13.2 Å². The van der Waals surface area contributed by atoms with Crippen LogP contribution in [0.3, 0.4) is 0 Å². The lowest BCUT2D eigenvalue weighted by Gasteiger charge is -2.34. The van der Waals surface area contributed by atoms with Crippen molar-refractivity contribution < 1.29 is 29.3 Å². The first-order chi connectivity index (χ1) is 15.4. The molecule has 9 heteroatoms. The fourth-order valence-corrected chi connectivity index (χ4v) is 3.38. The van der Waals surface area contributed by atoms with E-state index < -0.39 is 48.8 Å². The lowest BCUT2D eigenvalue weighted by atomic mass is 9.96. The first-order valence-electron chi connectivity index (χ1n) is 11.3. The van der Waals surface area contributed by atoms with Gasteiger partial charge in [-0.05, 0) is 52.2 Å². The number of amides is 3. The van der Waals surface area contributed by atoms with Crippen LogP contribution in [0.5, 0.6) is 0 Å². The SMILES string of the molecule is CCCCNC(=O)C(c1ccc(C)cc1C)N(CCO)C(=O)C(CO)NC(=O)OC(C)(C)C. The van der Waals surface area contributed by atoms with Gasteiger partial charge in [0.25, 0.3) is 0 Å². The Morgan fingerprint density at radius 2 is 1.82 bits per heavy atom. The van der Waals surface area contributed by atoms with Crippen molar-refractivity contribution in [3.05, 3.63) is 34.9 Å². The average molecular weight is 466 g/mol. The van der Waals surface area contributed by atoms with Crippen LogP contribution in [0.1, 0.15) is 63.3 Å². The number of aliphatic hydroxyl groups is 2.